The van der Waals surface area contributed by atoms with Crippen LogP contribution in [0.5, 0.6) is 0 Å². The van der Waals surface area contributed by atoms with Crippen molar-refractivity contribution in [3.63, 3.8) is 0 Å². The lowest BCUT2D eigenvalue weighted by Gasteiger charge is -2.30. The minimum atomic E-state index is -3.35. The van der Waals surface area contributed by atoms with E-state index in [0.29, 0.717) is 46.9 Å². The Balaban J connectivity index is 0.000000171. The van der Waals surface area contributed by atoms with Gasteiger partial charge in [0.2, 0.25) is 20.0 Å². The Morgan fingerprint density at radius 1 is 0.767 bits per heavy atom. The van der Waals surface area contributed by atoms with Gasteiger partial charge in [0.05, 0.1) is 9.79 Å². The van der Waals surface area contributed by atoms with Gasteiger partial charge < -0.3 is 11.5 Å². The fourth-order valence-corrected chi connectivity index (χ4v) is 7.20. The highest BCUT2D eigenvalue weighted by Crippen LogP contribution is 2.29. The van der Waals surface area contributed by atoms with Gasteiger partial charge in [-0.25, -0.2) is 16.8 Å². The van der Waals surface area contributed by atoms with Crippen molar-refractivity contribution in [3.8, 4) is 0 Å². The topological polar surface area (TPSA) is 127 Å². The number of nitrogens with two attached hydrogens (primary N) is 2. The number of nitrogen functional groups attached to an aromatic ring is 2. The zero-order valence-electron chi connectivity index (χ0n) is 16.6. The van der Waals surface area contributed by atoms with Crippen LogP contribution in [0.15, 0.2) is 50.7 Å². The van der Waals surface area contributed by atoms with Crippen molar-refractivity contribution in [2.45, 2.75) is 29.6 Å². The average molecular weight is 517 g/mol. The first kappa shape index (κ1) is 23.0. The average Bonchev–Trinajstić information content (AvgIpc) is 2.55. The molecule has 4 rings (SSSR count). The molecule has 0 aromatic heterocycles. The number of benzene rings is 2. The van der Waals surface area contributed by atoms with Crippen molar-refractivity contribution in [3.05, 3.63) is 46.4 Å². The van der Waals surface area contributed by atoms with E-state index in [1.54, 1.807) is 31.2 Å². The van der Waals surface area contributed by atoms with E-state index in [1.807, 2.05) is 0 Å². The molecule has 2 aliphatic heterocycles. The van der Waals surface area contributed by atoms with E-state index < -0.39 is 20.0 Å². The predicted molar refractivity (Wildman–Crippen MR) is 121 cm³/mol. The summed E-state index contributed by atoms with van der Waals surface area (Å²) >= 11 is 3.23. The predicted octanol–water partition coefficient (Wildman–Crippen LogP) is 2.40. The molecule has 0 spiro atoms. The van der Waals surface area contributed by atoms with Crippen molar-refractivity contribution in [2.75, 3.05) is 37.6 Å². The SMILES string of the molecule is Cc1ccc(N)cc1S(=O)(=O)N1CCC1.Nc1ccc(Br)c(S(=O)(=O)N2CCC2)c1. The maximum Gasteiger partial charge on any atom is 0.244 e. The van der Waals surface area contributed by atoms with Crippen LogP contribution in [0.2, 0.25) is 0 Å². The second kappa shape index (κ2) is 8.83. The van der Waals surface area contributed by atoms with Gasteiger partial charge in [0.15, 0.2) is 0 Å². The first-order valence-corrected chi connectivity index (χ1v) is 13.1. The number of aryl methyl sites for hydroxylation is 1. The van der Waals surface area contributed by atoms with E-state index in [1.165, 1.54) is 20.7 Å². The van der Waals surface area contributed by atoms with Gasteiger partial charge in [-0.1, -0.05) is 6.07 Å². The van der Waals surface area contributed by atoms with Crippen LogP contribution >= 0.6 is 15.9 Å². The van der Waals surface area contributed by atoms with Crippen LogP contribution in [0.3, 0.4) is 0 Å². The van der Waals surface area contributed by atoms with Crippen LogP contribution < -0.4 is 11.5 Å². The van der Waals surface area contributed by atoms with Gasteiger partial charge in [-0.15, -0.1) is 0 Å². The number of hydrogen-bond acceptors (Lipinski definition) is 6. The molecule has 2 aromatic rings. The van der Waals surface area contributed by atoms with Crippen molar-refractivity contribution >= 4 is 47.4 Å². The molecule has 8 nitrogen and oxygen atoms in total. The molecule has 2 aliphatic rings. The molecular formula is C19H25BrN4O4S2. The standard InChI is InChI=1S/C10H14N2O2S.C9H11BrN2O2S/c1-8-3-4-9(11)7-10(8)15(13,14)12-5-2-6-12;10-8-3-2-7(11)6-9(8)15(13,14)12-4-1-5-12/h3-4,7H,2,5-6,11H2,1H3;2-3,6H,1,4-5,11H2. The van der Waals surface area contributed by atoms with Gasteiger partial charge in [-0.3, -0.25) is 0 Å². The van der Waals surface area contributed by atoms with E-state index >= 15 is 0 Å². The van der Waals surface area contributed by atoms with E-state index in [4.69, 9.17) is 11.5 Å². The smallest absolute Gasteiger partial charge is 0.244 e. The quantitative estimate of drug-likeness (QED) is 0.600. The molecule has 0 saturated carbocycles. The highest BCUT2D eigenvalue weighted by atomic mass is 79.9. The molecule has 2 fully saturated rings. The number of nitrogens with zero attached hydrogens (tertiary/aromatic N) is 2. The number of hydrogen-bond donors (Lipinski definition) is 2. The normalized spacial score (nSPS) is 17.4. The molecule has 2 aromatic carbocycles. The Morgan fingerprint density at radius 3 is 1.67 bits per heavy atom. The molecular weight excluding hydrogens is 492 g/mol. The first-order chi connectivity index (χ1) is 14.0. The Labute approximate surface area is 186 Å². The van der Waals surface area contributed by atoms with Crippen LogP contribution in [0.1, 0.15) is 18.4 Å². The van der Waals surface area contributed by atoms with Crippen molar-refractivity contribution in [1.82, 2.24) is 8.61 Å². The van der Waals surface area contributed by atoms with Crippen LogP contribution in [-0.4, -0.2) is 51.6 Å². The minimum absolute atomic E-state index is 0.252. The van der Waals surface area contributed by atoms with E-state index in [9.17, 15) is 16.8 Å². The van der Waals surface area contributed by atoms with Gasteiger partial charge in [-0.05, 0) is 71.6 Å². The third-order valence-electron chi connectivity index (χ3n) is 5.03. The van der Waals surface area contributed by atoms with Crippen molar-refractivity contribution < 1.29 is 16.8 Å². The Hall–Kier alpha value is -1.66. The lowest BCUT2D eigenvalue weighted by atomic mass is 10.2. The molecule has 4 N–H and O–H groups in total. The molecule has 11 heteroatoms. The lowest BCUT2D eigenvalue weighted by Crippen LogP contribution is -2.42. The molecule has 0 aliphatic carbocycles. The summed E-state index contributed by atoms with van der Waals surface area (Å²) in [5.41, 5.74) is 12.9. The van der Waals surface area contributed by atoms with E-state index in [-0.39, 0.29) is 4.90 Å². The molecule has 0 bridgehead atoms. The number of halogens is 1. The highest BCUT2D eigenvalue weighted by Gasteiger charge is 2.31. The molecule has 164 valence electrons. The zero-order chi connectivity index (χ0) is 22.1. The van der Waals surface area contributed by atoms with Crippen LogP contribution in [0.4, 0.5) is 11.4 Å². The Kier molecular flexibility index (Phi) is 6.78. The van der Waals surface area contributed by atoms with Crippen LogP contribution in [0.25, 0.3) is 0 Å². The fraction of sp³-hybridized carbons (Fsp3) is 0.368. The van der Waals surface area contributed by atoms with E-state index in [0.717, 1.165) is 18.4 Å². The van der Waals surface area contributed by atoms with Crippen molar-refractivity contribution in [1.29, 1.82) is 0 Å². The molecule has 30 heavy (non-hydrogen) atoms. The summed E-state index contributed by atoms with van der Waals surface area (Å²) in [6.07, 6.45) is 1.87. The highest BCUT2D eigenvalue weighted by molar-refractivity contribution is 9.10. The summed E-state index contributed by atoms with van der Waals surface area (Å²) in [7, 11) is -6.65. The fourth-order valence-electron chi connectivity index (χ4n) is 2.95. The number of anilines is 2. The summed E-state index contributed by atoms with van der Waals surface area (Å²) < 4.78 is 51.7. The zero-order valence-corrected chi connectivity index (χ0v) is 19.8. The van der Waals surface area contributed by atoms with Gasteiger partial charge in [0.1, 0.15) is 0 Å². The molecule has 0 unspecified atom stereocenters. The third-order valence-corrected chi connectivity index (χ3v) is 9.97. The lowest BCUT2D eigenvalue weighted by molar-refractivity contribution is 0.309. The van der Waals surface area contributed by atoms with Crippen molar-refractivity contribution in [2.24, 2.45) is 0 Å². The summed E-state index contributed by atoms with van der Waals surface area (Å²) in [6, 6.07) is 9.79. The largest absolute Gasteiger partial charge is 0.399 e. The van der Waals surface area contributed by atoms with Crippen LogP contribution in [-0.2, 0) is 20.0 Å². The summed E-state index contributed by atoms with van der Waals surface area (Å²) in [6.45, 7) is 4.23. The summed E-state index contributed by atoms with van der Waals surface area (Å²) in [5.74, 6) is 0. The molecule has 0 radical (unpaired) electrons. The second-order valence-corrected chi connectivity index (χ2v) is 11.9. The van der Waals surface area contributed by atoms with Gasteiger partial charge in [-0.2, -0.15) is 8.61 Å². The summed E-state index contributed by atoms with van der Waals surface area (Å²) in [4.78, 5) is 0.587. The molecule has 2 saturated heterocycles. The third kappa shape index (κ3) is 4.65. The maximum absolute atomic E-state index is 12.1. The Morgan fingerprint density at radius 2 is 1.20 bits per heavy atom. The maximum atomic E-state index is 12.1. The summed E-state index contributed by atoms with van der Waals surface area (Å²) in [5, 5.41) is 0. The number of sulfonamides is 2. The second-order valence-electron chi connectivity index (χ2n) is 7.23. The minimum Gasteiger partial charge on any atom is -0.399 e. The van der Waals surface area contributed by atoms with Gasteiger partial charge in [0.25, 0.3) is 0 Å². The van der Waals surface area contributed by atoms with E-state index in [2.05, 4.69) is 15.9 Å². The molecule has 0 atom stereocenters. The van der Waals surface area contributed by atoms with Gasteiger partial charge >= 0.3 is 0 Å². The first-order valence-electron chi connectivity index (χ1n) is 9.45. The number of rotatable bonds is 4. The Bertz CT molecular complexity index is 1050. The molecule has 0 amide bonds. The van der Waals surface area contributed by atoms with Crippen LogP contribution in [0, 0.1) is 6.92 Å². The monoisotopic (exact) mass is 516 g/mol. The molecule has 2 heterocycles. The van der Waals surface area contributed by atoms with Gasteiger partial charge in [0, 0.05) is 42.0 Å².